The summed E-state index contributed by atoms with van der Waals surface area (Å²) in [6, 6.07) is 0. The Labute approximate surface area is 47.9 Å². The third-order valence-electron chi connectivity index (χ3n) is 0.433. The average Bonchev–Trinajstić information content (AvgIpc) is 1.41. The van der Waals surface area contributed by atoms with E-state index >= 15 is 0 Å². The second kappa shape index (κ2) is 4.75. The van der Waals surface area contributed by atoms with Crippen LogP contribution in [0.4, 0.5) is 0 Å². The van der Waals surface area contributed by atoms with Crippen LogP contribution < -0.4 is 0 Å². The molecule has 0 bridgehead atoms. The van der Waals surface area contributed by atoms with Gasteiger partial charge < -0.3 is 0 Å². The van der Waals surface area contributed by atoms with Gasteiger partial charge >= 0.3 is 47.7 Å². The minimum absolute atomic E-state index is 1.30. The van der Waals surface area contributed by atoms with E-state index in [4.69, 9.17) is 0 Å². The Bertz CT molecular complexity index is 24.8. The van der Waals surface area contributed by atoms with Gasteiger partial charge in [-0.3, -0.25) is 0 Å². The van der Waals surface area contributed by atoms with E-state index < -0.39 is 0 Å². The van der Waals surface area contributed by atoms with Crippen molar-refractivity contribution in [1.82, 2.24) is 0 Å². The van der Waals surface area contributed by atoms with Crippen LogP contribution in [0.15, 0.2) is 0 Å². The van der Waals surface area contributed by atoms with Crippen molar-refractivity contribution in [3.05, 3.63) is 0 Å². The summed E-state index contributed by atoms with van der Waals surface area (Å²) in [5.74, 6) is 0. The van der Waals surface area contributed by atoms with Crippen molar-refractivity contribution in [3.8, 4) is 0 Å². The van der Waals surface area contributed by atoms with Crippen LogP contribution in [0, 0.1) is 0 Å². The zero-order valence-electron chi connectivity index (χ0n) is 3.49. The van der Waals surface area contributed by atoms with E-state index in [-0.39, 0.29) is 0 Å². The first kappa shape index (κ1) is 5.75. The van der Waals surface area contributed by atoms with Crippen LogP contribution >= 0.6 is 0 Å². The predicted octanol–water partition coefficient (Wildman–Crippen LogP) is 1.14. The molecule has 0 aliphatic rings. The van der Waals surface area contributed by atoms with Gasteiger partial charge in [0.1, 0.15) is 0 Å². The quantitative estimate of drug-likeness (QED) is 0.549. The first-order valence-electron chi connectivity index (χ1n) is 1.90. The SMILES string of the molecule is CCC[CH]=[Zr]. The Morgan fingerprint density at radius 3 is 2.40 bits per heavy atom. The van der Waals surface area contributed by atoms with Crippen molar-refractivity contribution in [2.45, 2.75) is 19.8 Å². The third kappa shape index (κ3) is 4.75. The molecule has 0 saturated heterocycles. The summed E-state index contributed by atoms with van der Waals surface area (Å²) in [5, 5.41) is 0. The molecule has 5 heavy (non-hydrogen) atoms. The van der Waals surface area contributed by atoms with Gasteiger partial charge in [0.05, 0.1) is 0 Å². The third-order valence-corrected chi connectivity index (χ3v) is 1.14. The Balaban J connectivity index is 2.40. The van der Waals surface area contributed by atoms with E-state index in [1.54, 1.807) is 24.2 Å². The first-order valence-corrected chi connectivity index (χ1v) is 3.32. The van der Waals surface area contributed by atoms with E-state index in [0.717, 1.165) is 0 Å². The van der Waals surface area contributed by atoms with Gasteiger partial charge in [-0.1, -0.05) is 0 Å². The van der Waals surface area contributed by atoms with Gasteiger partial charge in [0.2, 0.25) is 0 Å². The molecule has 28 valence electrons. The van der Waals surface area contributed by atoms with Gasteiger partial charge in [-0.05, 0) is 0 Å². The standard InChI is InChI=1S/C4H8.Zr/c1-3-4-2;/h1H,3-4H2,2H3;. The minimum atomic E-state index is 1.30. The molecule has 0 saturated carbocycles. The van der Waals surface area contributed by atoms with Gasteiger partial charge in [0.25, 0.3) is 0 Å². The van der Waals surface area contributed by atoms with Crippen molar-refractivity contribution in [2.75, 3.05) is 0 Å². The fourth-order valence-electron chi connectivity index (χ4n) is 0.144. The molecule has 0 aromatic carbocycles. The molecule has 0 N–H and O–H groups in total. The van der Waals surface area contributed by atoms with Crippen molar-refractivity contribution in [2.24, 2.45) is 0 Å². The summed E-state index contributed by atoms with van der Waals surface area (Å²) in [5.41, 5.74) is 0. The van der Waals surface area contributed by atoms with Crippen LogP contribution in [0.5, 0.6) is 0 Å². The molecule has 0 aromatic rings. The Morgan fingerprint density at radius 2 is 2.40 bits per heavy atom. The summed E-state index contributed by atoms with van der Waals surface area (Å²) in [7, 11) is 0. The van der Waals surface area contributed by atoms with Crippen LogP contribution in [-0.2, 0) is 24.2 Å². The molecule has 0 aliphatic carbocycles. The molecule has 0 spiro atoms. The summed E-state index contributed by atoms with van der Waals surface area (Å²) < 4.78 is 2.27. The van der Waals surface area contributed by atoms with Crippen molar-refractivity contribution in [3.63, 3.8) is 0 Å². The molecular weight excluding hydrogens is 139 g/mol. The van der Waals surface area contributed by atoms with E-state index in [1.807, 2.05) is 0 Å². The Hall–Kier alpha value is 0.753. The number of rotatable bonds is 2. The van der Waals surface area contributed by atoms with Crippen LogP contribution in [0.3, 0.4) is 0 Å². The zero-order valence-corrected chi connectivity index (χ0v) is 5.95. The predicted molar refractivity (Wildman–Crippen MR) is 21.0 cm³/mol. The van der Waals surface area contributed by atoms with Gasteiger partial charge in [0.15, 0.2) is 0 Å². The number of hydrogen-bond acceptors (Lipinski definition) is 0. The first-order chi connectivity index (χ1) is 2.41. The molecule has 0 rings (SSSR count). The molecule has 0 aromatic heterocycles. The van der Waals surface area contributed by atoms with Crippen LogP contribution in [0.1, 0.15) is 19.8 Å². The maximum absolute atomic E-state index is 2.27. The normalized spacial score (nSPS) is 7.20. The fraction of sp³-hybridized carbons (Fsp3) is 0.750. The second-order valence-electron chi connectivity index (χ2n) is 0.993. The summed E-state index contributed by atoms with van der Waals surface area (Å²) in [6.45, 7) is 2.19. The van der Waals surface area contributed by atoms with Gasteiger partial charge in [-0.25, -0.2) is 0 Å². The maximum atomic E-state index is 2.27. The van der Waals surface area contributed by atoms with E-state index in [0.29, 0.717) is 0 Å². The van der Waals surface area contributed by atoms with E-state index in [2.05, 4.69) is 10.6 Å². The van der Waals surface area contributed by atoms with Crippen LogP contribution in [0.25, 0.3) is 0 Å². The van der Waals surface area contributed by atoms with Crippen LogP contribution in [-0.4, -0.2) is 3.71 Å². The molecule has 0 nitrogen and oxygen atoms in total. The Kier molecular flexibility index (Phi) is 5.47. The Morgan fingerprint density at radius 1 is 1.80 bits per heavy atom. The fourth-order valence-corrected chi connectivity index (χ4v) is 0.854. The van der Waals surface area contributed by atoms with Crippen molar-refractivity contribution in [1.29, 1.82) is 0 Å². The molecular formula is C4H8Zr. The van der Waals surface area contributed by atoms with Gasteiger partial charge in [-0.2, -0.15) is 0 Å². The summed E-state index contributed by atoms with van der Waals surface area (Å²) >= 11 is 1.56. The van der Waals surface area contributed by atoms with E-state index in [1.165, 1.54) is 12.8 Å². The number of hydrogen-bond donors (Lipinski definition) is 0. The van der Waals surface area contributed by atoms with Crippen molar-refractivity contribution < 1.29 is 24.2 Å². The van der Waals surface area contributed by atoms with Gasteiger partial charge in [0, 0.05) is 0 Å². The molecule has 0 aliphatic heterocycles. The average molecular weight is 147 g/mol. The van der Waals surface area contributed by atoms with Crippen molar-refractivity contribution >= 4 is 3.71 Å². The second-order valence-corrected chi connectivity index (χ2v) is 2.00. The topological polar surface area (TPSA) is 0 Å². The molecule has 0 heterocycles. The molecule has 1 heteroatoms. The molecule has 0 fully saturated rings. The van der Waals surface area contributed by atoms with Crippen LogP contribution in [0.2, 0.25) is 0 Å². The zero-order chi connectivity index (χ0) is 4.12. The molecule has 0 amide bonds. The molecule has 0 unspecified atom stereocenters. The van der Waals surface area contributed by atoms with E-state index in [9.17, 15) is 0 Å². The number of unbranched alkanes of at least 4 members (excludes halogenated alkanes) is 1. The molecule has 0 radical (unpaired) electrons. The molecule has 0 atom stereocenters. The summed E-state index contributed by atoms with van der Waals surface area (Å²) in [4.78, 5) is 0. The summed E-state index contributed by atoms with van der Waals surface area (Å²) in [6.07, 6.45) is 2.61. The monoisotopic (exact) mass is 146 g/mol. The van der Waals surface area contributed by atoms with Gasteiger partial charge in [-0.15, -0.1) is 0 Å².